The molecule has 0 aliphatic carbocycles. The molecule has 0 aliphatic heterocycles. The molecule has 0 aromatic carbocycles. The Kier molecular flexibility index (Phi) is 4.09. The Morgan fingerprint density at radius 1 is 1.27 bits per heavy atom. The summed E-state index contributed by atoms with van der Waals surface area (Å²) in [6, 6.07) is 3.79. The summed E-state index contributed by atoms with van der Waals surface area (Å²) in [6.07, 6.45) is 1.88. The summed E-state index contributed by atoms with van der Waals surface area (Å²) in [7, 11) is 0. The summed E-state index contributed by atoms with van der Waals surface area (Å²) >= 11 is 0. The molecule has 0 saturated carbocycles. The van der Waals surface area contributed by atoms with Crippen molar-refractivity contribution in [3.8, 4) is 5.88 Å². The van der Waals surface area contributed by atoms with Crippen molar-refractivity contribution in [2.45, 2.75) is 39.8 Å². The predicted molar refractivity (Wildman–Crippen MR) is 61.8 cm³/mol. The van der Waals surface area contributed by atoms with Crippen LogP contribution in [0.5, 0.6) is 5.88 Å². The monoisotopic (exact) mass is 208 g/mol. The molecule has 2 N–H and O–H groups in total. The molecule has 1 rings (SSSR count). The van der Waals surface area contributed by atoms with E-state index >= 15 is 0 Å². The SMILES string of the molecule is CC(C)C(C)Oc1ncccc1[C@@H](C)N. The minimum Gasteiger partial charge on any atom is -0.474 e. The maximum atomic E-state index is 5.85. The summed E-state index contributed by atoms with van der Waals surface area (Å²) in [6.45, 7) is 8.23. The average molecular weight is 208 g/mol. The van der Waals surface area contributed by atoms with Crippen molar-refractivity contribution in [3.05, 3.63) is 23.9 Å². The molecular weight excluding hydrogens is 188 g/mol. The van der Waals surface area contributed by atoms with Crippen molar-refractivity contribution in [1.29, 1.82) is 0 Å². The van der Waals surface area contributed by atoms with Crippen molar-refractivity contribution in [1.82, 2.24) is 4.98 Å². The Labute approximate surface area is 91.7 Å². The highest BCUT2D eigenvalue weighted by atomic mass is 16.5. The fourth-order valence-electron chi connectivity index (χ4n) is 1.16. The number of nitrogens with zero attached hydrogens (tertiary/aromatic N) is 1. The van der Waals surface area contributed by atoms with Crippen LogP contribution in [-0.2, 0) is 0 Å². The number of aromatic nitrogens is 1. The van der Waals surface area contributed by atoms with Gasteiger partial charge in [-0.05, 0) is 25.8 Å². The topological polar surface area (TPSA) is 48.1 Å². The predicted octanol–water partition coefficient (Wildman–Crippen LogP) is 2.52. The molecule has 3 nitrogen and oxygen atoms in total. The van der Waals surface area contributed by atoms with E-state index in [1.165, 1.54) is 0 Å². The van der Waals surface area contributed by atoms with Crippen molar-refractivity contribution >= 4 is 0 Å². The van der Waals surface area contributed by atoms with Gasteiger partial charge in [0.15, 0.2) is 0 Å². The van der Waals surface area contributed by atoms with Gasteiger partial charge < -0.3 is 10.5 Å². The zero-order chi connectivity index (χ0) is 11.4. The third-order valence-electron chi connectivity index (χ3n) is 2.53. The molecule has 3 heteroatoms. The molecule has 15 heavy (non-hydrogen) atoms. The molecule has 1 aromatic heterocycles. The van der Waals surface area contributed by atoms with E-state index in [4.69, 9.17) is 10.5 Å². The normalized spacial score (nSPS) is 15.1. The second kappa shape index (κ2) is 5.12. The highest BCUT2D eigenvalue weighted by Crippen LogP contribution is 2.22. The Morgan fingerprint density at radius 2 is 1.93 bits per heavy atom. The van der Waals surface area contributed by atoms with Crippen molar-refractivity contribution in [2.24, 2.45) is 11.7 Å². The Bertz CT molecular complexity index is 310. The third-order valence-corrected chi connectivity index (χ3v) is 2.53. The molecule has 0 radical (unpaired) electrons. The lowest BCUT2D eigenvalue weighted by molar-refractivity contribution is 0.161. The van der Waals surface area contributed by atoms with E-state index in [0.717, 1.165) is 5.56 Å². The zero-order valence-corrected chi connectivity index (χ0v) is 9.90. The Morgan fingerprint density at radius 3 is 2.47 bits per heavy atom. The lowest BCUT2D eigenvalue weighted by atomic mass is 10.1. The molecule has 2 atom stereocenters. The first-order chi connectivity index (χ1) is 7.02. The van der Waals surface area contributed by atoms with Crippen molar-refractivity contribution in [2.75, 3.05) is 0 Å². The molecule has 1 unspecified atom stereocenters. The van der Waals surface area contributed by atoms with E-state index < -0.39 is 0 Å². The standard InChI is InChI=1S/C12H20N2O/c1-8(2)10(4)15-12-11(9(3)13)6-5-7-14-12/h5-10H,13H2,1-4H3/t9-,10?/m1/s1. The van der Waals surface area contributed by atoms with Gasteiger partial charge in [-0.2, -0.15) is 0 Å². The zero-order valence-electron chi connectivity index (χ0n) is 9.90. The van der Waals surface area contributed by atoms with Gasteiger partial charge in [0.05, 0.1) is 6.10 Å². The summed E-state index contributed by atoms with van der Waals surface area (Å²) in [4.78, 5) is 4.22. The van der Waals surface area contributed by atoms with Gasteiger partial charge in [0.25, 0.3) is 0 Å². The van der Waals surface area contributed by atoms with Gasteiger partial charge >= 0.3 is 0 Å². The number of ether oxygens (including phenoxy) is 1. The van der Waals surface area contributed by atoms with Crippen LogP contribution in [0.3, 0.4) is 0 Å². The highest BCUT2D eigenvalue weighted by Gasteiger charge is 2.14. The molecule has 1 aromatic rings. The number of hydrogen-bond acceptors (Lipinski definition) is 3. The van der Waals surface area contributed by atoms with E-state index in [1.807, 2.05) is 26.0 Å². The van der Waals surface area contributed by atoms with Crippen LogP contribution >= 0.6 is 0 Å². The molecule has 0 spiro atoms. The lowest BCUT2D eigenvalue weighted by Gasteiger charge is -2.20. The van der Waals surface area contributed by atoms with E-state index in [1.54, 1.807) is 6.20 Å². The number of pyridine rings is 1. The fourth-order valence-corrected chi connectivity index (χ4v) is 1.16. The number of hydrogen-bond donors (Lipinski definition) is 1. The first-order valence-corrected chi connectivity index (χ1v) is 5.39. The Balaban J connectivity index is 2.84. The first-order valence-electron chi connectivity index (χ1n) is 5.39. The summed E-state index contributed by atoms with van der Waals surface area (Å²) < 4.78 is 5.78. The van der Waals surface area contributed by atoms with Gasteiger partial charge in [0, 0.05) is 17.8 Å². The molecule has 1 heterocycles. The lowest BCUT2D eigenvalue weighted by Crippen LogP contribution is -2.21. The maximum absolute atomic E-state index is 5.85. The molecule has 0 amide bonds. The van der Waals surface area contributed by atoms with Crippen molar-refractivity contribution < 1.29 is 4.74 Å². The Hall–Kier alpha value is -1.09. The molecule has 0 bridgehead atoms. The van der Waals surface area contributed by atoms with Crippen LogP contribution in [0.1, 0.15) is 39.3 Å². The van der Waals surface area contributed by atoms with E-state index in [0.29, 0.717) is 11.8 Å². The second-order valence-electron chi connectivity index (χ2n) is 4.25. The van der Waals surface area contributed by atoms with E-state index in [-0.39, 0.29) is 12.1 Å². The molecule has 84 valence electrons. The second-order valence-corrected chi connectivity index (χ2v) is 4.25. The van der Waals surface area contributed by atoms with E-state index in [9.17, 15) is 0 Å². The van der Waals surface area contributed by atoms with Gasteiger partial charge in [0.2, 0.25) is 5.88 Å². The highest BCUT2D eigenvalue weighted by molar-refractivity contribution is 5.28. The maximum Gasteiger partial charge on any atom is 0.218 e. The van der Waals surface area contributed by atoms with Gasteiger partial charge in [-0.25, -0.2) is 4.98 Å². The average Bonchev–Trinajstić information content (AvgIpc) is 2.18. The van der Waals surface area contributed by atoms with Crippen LogP contribution < -0.4 is 10.5 Å². The fraction of sp³-hybridized carbons (Fsp3) is 0.583. The largest absolute Gasteiger partial charge is 0.474 e. The summed E-state index contributed by atoms with van der Waals surface area (Å²) in [5.74, 6) is 1.13. The van der Waals surface area contributed by atoms with Crippen LogP contribution in [0, 0.1) is 5.92 Å². The first kappa shape index (κ1) is 12.0. The molecule has 0 aliphatic rings. The van der Waals surface area contributed by atoms with E-state index in [2.05, 4.69) is 18.8 Å². The van der Waals surface area contributed by atoms with Crippen LogP contribution in [-0.4, -0.2) is 11.1 Å². The van der Waals surface area contributed by atoms with Gasteiger partial charge in [-0.3, -0.25) is 0 Å². The van der Waals surface area contributed by atoms with Gasteiger partial charge in [0.1, 0.15) is 0 Å². The molecule has 0 fully saturated rings. The third kappa shape index (κ3) is 3.20. The van der Waals surface area contributed by atoms with Gasteiger partial charge in [-0.15, -0.1) is 0 Å². The van der Waals surface area contributed by atoms with Crippen molar-refractivity contribution in [3.63, 3.8) is 0 Å². The summed E-state index contributed by atoms with van der Waals surface area (Å²) in [5, 5.41) is 0. The van der Waals surface area contributed by atoms with Gasteiger partial charge in [-0.1, -0.05) is 19.9 Å². The quantitative estimate of drug-likeness (QED) is 0.827. The van der Waals surface area contributed by atoms with Crippen LogP contribution in [0.2, 0.25) is 0 Å². The minimum absolute atomic E-state index is 0.0481. The number of nitrogens with two attached hydrogens (primary N) is 1. The smallest absolute Gasteiger partial charge is 0.218 e. The van der Waals surface area contributed by atoms with Crippen LogP contribution in [0.15, 0.2) is 18.3 Å². The van der Waals surface area contributed by atoms with Crippen LogP contribution in [0.25, 0.3) is 0 Å². The molecule has 0 saturated heterocycles. The number of rotatable bonds is 4. The van der Waals surface area contributed by atoms with Crippen LogP contribution in [0.4, 0.5) is 0 Å². The minimum atomic E-state index is -0.0481. The molecular formula is C12H20N2O. The summed E-state index contributed by atoms with van der Waals surface area (Å²) in [5.41, 5.74) is 6.81.